The number of methoxy groups -OCH3 is 1. The van der Waals surface area contributed by atoms with Crippen molar-refractivity contribution in [2.45, 2.75) is 19.3 Å². The van der Waals surface area contributed by atoms with Gasteiger partial charge in [-0.2, -0.15) is 0 Å². The maximum absolute atomic E-state index is 12.2. The number of esters is 1. The molecule has 3 aromatic heterocycles. The number of carbonyl (C=O) groups is 2. The van der Waals surface area contributed by atoms with E-state index < -0.39 is 5.97 Å². The molecule has 0 radical (unpaired) electrons. The lowest BCUT2D eigenvalue weighted by Gasteiger charge is -2.00. The molecule has 29 heavy (non-hydrogen) atoms. The van der Waals surface area contributed by atoms with Crippen molar-refractivity contribution in [2.75, 3.05) is 12.4 Å². The lowest BCUT2D eigenvalue weighted by atomic mass is 10.2. The lowest BCUT2D eigenvalue weighted by Crippen LogP contribution is -2.11. The normalized spacial score (nSPS) is 10.9. The second-order valence-electron chi connectivity index (χ2n) is 6.31. The van der Waals surface area contributed by atoms with Gasteiger partial charge in [0.1, 0.15) is 5.69 Å². The van der Waals surface area contributed by atoms with Crippen molar-refractivity contribution in [3.63, 3.8) is 0 Å². The molecule has 4 aromatic rings. The smallest absolute Gasteiger partial charge is 0.354 e. The van der Waals surface area contributed by atoms with Crippen molar-refractivity contribution in [2.24, 2.45) is 0 Å². The van der Waals surface area contributed by atoms with Gasteiger partial charge >= 0.3 is 5.97 Å². The van der Waals surface area contributed by atoms with Gasteiger partial charge < -0.3 is 15.0 Å². The summed E-state index contributed by atoms with van der Waals surface area (Å²) in [7, 11) is 1.33. The number of rotatable bonds is 7. The molecule has 0 spiro atoms. The standard InChI is InChI=1S/C20H18N4O3S2/c1-27-19(26)14-9-12(10-21-14)15-11-28-20(23-15)24-17(25)7-4-8-18-22-13-5-2-3-6-16(13)29-18/h2-3,5-6,9-11,21H,4,7-8H2,1H3,(H,23,24,25). The van der Waals surface area contributed by atoms with Gasteiger partial charge in [0.15, 0.2) is 5.13 Å². The van der Waals surface area contributed by atoms with Gasteiger partial charge in [-0.1, -0.05) is 12.1 Å². The summed E-state index contributed by atoms with van der Waals surface area (Å²) in [6, 6.07) is 9.71. The van der Waals surface area contributed by atoms with E-state index in [2.05, 4.69) is 31.1 Å². The minimum Gasteiger partial charge on any atom is -0.464 e. The molecule has 0 atom stereocenters. The molecule has 9 heteroatoms. The Morgan fingerprint density at radius 1 is 1.24 bits per heavy atom. The number of nitrogens with one attached hydrogen (secondary N) is 2. The fourth-order valence-electron chi connectivity index (χ4n) is 2.84. The van der Waals surface area contributed by atoms with Gasteiger partial charge in [0.2, 0.25) is 5.91 Å². The van der Waals surface area contributed by atoms with Crippen molar-refractivity contribution in [3.8, 4) is 11.3 Å². The highest BCUT2D eigenvalue weighted by molar-refractivity contribution is 7.18. The first-order valence-corrected chi connectivity index (χ1v) is 10.7. The van der Waals surface area contributed by atoms with Crippen LogP contribution in [-0.2, 0) is 16.0 Å². The molecule has 7 nitrogen and oxygen atoms in total. The Labute approximate surface area is 174 Å². The van der Waals surface area contributed by atoms with E-state index in [4.69, 9.17) is 0 Å². The number of hydrogen-bond acceptors (Lipinski definition) is 7. The van der Waals surface area contributed by atoms with E-state index in [1.54, 1.807) is 23.6 Å². The number of aromatic amines is 1. The fourth-order valence-corrected chi connectivity index (χ4v) is 4.59. The summed E-state index contributed by atoms with van der Waals surface area (Å²) in [5, 5.41) is 6.25. The molecule has 0 bridgehead atoms. The van der Waals surface area contributed by atoms with Crippen molar-refractivity contribution in [1.82, 2.24) is 15.0 Å². The maximum Gasteiger partial charge on any atom is 0.354 e. The summed E-state index contributed by atoms with van der Waals surface area (Å²) in [5.74, 6) is -0.510. The number of benzene rings is 1. The number of carbonyl (C=O) groups excluding carboxylic acids is 2. The Hall–Kier alpha value is -3.04. The second kappa shape index (κ2) is 8.54. The number of thiazole rings is 2. The van der Waals surface area contributed by atoms with E-state index >= 15 is 0 Å². The zero-order chi connectivity index (χ0) is 20.2. The minimum absolute atomic E-state index is 0.0728. The minimum atomic E-state index is -0.437. The third kappa shape index (κ3) is 4.52. The summed E-state index contributed by atoms with van der Waals surface area (Å²) in [6.45, 7) is 0. The number of aromatic nitrogens is 3. The Morgan fingerprint density at radius 2 is 2.10 bits per heavy atom. The van der Waals surface area contributed by atoms with Crippen molar-refractivity contribution >= 4 is 49.9 Å². The monoisotopic (exact) mass is 426 g/mol. The van der Waals surface area contributed by atoms with Crippen LogP contribution in [0.4, 0.5) is 5.13 Å². The molecular formula is C20H18N4O3S2. The first-order chi connectivity index (χ1) is 14.1. The highest BCUT2D eigenvalue weighted by Gasteiger charge is 2.13. The molecule has 4 rings (SSSR count). The van der Waals surface area contributed by atoms with Gasteiger partial charge in [0.25, 0.3) is 0 Å². The van der Waals surface area contributed by atoms with E-state index in [1.807, 2.05) is 23.6 Å². The number of aryl methyl sites for hydroxylation is 1. The van der Waals surface area contributed by atoms with Crippen LogP contribution in [0.1, 0.15) is 28.3 Å². The molecule has 0 saturated heterocycles. The summed E-state index contributed by atoms with van der Waals surface area (Å²) in [5.41, 5.74) is 2.81. The van der Waals surface area contributed by atoms with Crippen LogP contribution in [0.3, 0.4) is 0 Å². The first-order valence-electron chi connectivity index (χ1n) is 8.99. The average molecular weight is 427 g/mol. The van der Waals surface area contributed by atoms with Gasteiger partial charge in [-0.3, -0.25) is 4.79 Å². The molecule has 0 aliphatic carbocycles. The predicted octanol–water partition coefficient (Wildman–Crippen LogP) is 4.50. The molecule has 2 N–H and O–H groups in total. The molecular weight excluding hydrogens is 408 g/mol. The Balaban J connectivity index is 1.29. The molecule has 0 fully saturated rings. The molecule has 0 saturated carbocycles. The van der Waals surface area contributed by atoms with E-state index in [-0.39, 0.29) is 5.91 Å². The topological polar surface area (TPSA) is 97.0 Å². The molecule has 1 amide bonds. The number of fused-ring (bicyclic) bond motifs is 1. The van der Waals surface area contributed by atoms with Gasteiger partial charge in [0.05, 0.1) is 28.0 Å². The lowest BCUT2D eigenvalue weighted by molar-refractivity contribution is -0.116. The zero-order valence-electron chi connectivity index (χ0n) is 15.6. The van der Waals surface area contributed by atoms with Gasteiger partial charge in [-0.15, -0.1) is 22.7 Å². The Bertz CT molecular complexity index is 1130. The van der Waals surface area contributed by atoms with Gasteiger partial charge in [0, 0.05) is 23.6 Å². The van der Waals surface area contributed by atoms with Crippen molar-refractivity contribution in [1.29, 1.82) is 0 Å². The number of amides is 1. The predicted molar refractivity (Wildman–Crippen MR) is 114 cm³/mol. The van der Waals surface area contributed by atoms with Crippen LogP contribution in [0.25, 0.3) is 21.5 Å². The molecule has 148 valence electrons. The fraction of sp³-hybridized carbons (Fsp3) is 0.200. The quantitative estimate of drug-likeness (QED) is 0.424. The van der Waals surface area contributed by atoms with E-state index in [1.165, 1.54) is 23.1 Å². The van der Waals surface area contributed by atoms with Crippen LogP contribution in [0.15, 0.2) is 41.9 Å². The van der Waals surface area contributed by atoms with Crippen molar-refractivity contribution in [3.05, 3.63) is 52.6 Å². The first kappa shape index (κ1) is 19.3. The Kier molecular flexibility index (Phi) is 5.68. The molecule has 3 heterocycles. The van der Waals surface area contributed by atoms with Crippen LogP contribution in [0.2, 0.25) is 0 Å². The molecule has 0 aliphatic rings. The van der Waals surface area contributed by atoms with Gasteiger partial charge in [-0.25, -0.2) is 14.8 Å². The summed E-state index contributed by atoms with van der Waals surface area (Å²) < 4.78 is 5.85. The number of H-pyrrole nitrogens is 1. The molecule has 0 aliphatic heterocycles. The highest BCUT2D eigenvalue weighted by Crippen LogP contribution is 2.26. The average Bonchev–Trinajstić information content (AvgIpc) is 3.46. The van der Waals surface area contributed by atoms with Crippen LogP contribution in [-0.4, -0.2) is 33.9 Å². The third-order valence-corrected chi connectivity index (χ3v) is 6.12. The van der Waals surface area contributed by atoms with Crippen LogP contribution >= 0.6 is 22.7 Å². The zero-order valence-corrected chi connectivity index (χ0v) is 17.2. The van der Waals surface area contributed by atoms with Gasteiger partial charge in [-0.05, 0) is 31.0 Å². The molecule has 1 aromatic carbocycles. The number of para-hydroxylation sites is 1. The van der Waals surface area contributed by atoms with Crippen LogP contribution in [0.5, 0.6) is 0 Å². The number of hydrogen-bond donors (Lipinski definition) is 2. The van der Waals surface area contributed by atoms with E-state index in [0.29, 0.717) is 22.9 Å². The highest BCUT2D eigenvalue weighted by atomic mass is 32.1. The van der Waals surface area contributed by atoms with Crippen LogP contribution < -0.4 is 5.32 Å². The second-order valence-corrected chi connectivity index (χ2v) is 8.28. The summed E-state index contributed by atoms with van der Waals surface area (Å²) in [6.07, 6.45) is 3.59. The Morgan fingerprint density at radius 3 is 2.93 bits per heavy atom. The van der Waals surface area contributed by atoms with E-state index in [9.17, 15) is 9.59 Å². The maximum atomic E-state index is 12.2. The number of anilines is 1. The third-order valence-electron chi connectivity index (χ3n) is 4.27. The number of nitrogens with zero attached hydrogens (tertiary/aromatic N) is 2. The summed E-state index contributed by atoms with van der Waals surface area (Å²) in [4.78, 5) is 35.6. The van der Waals surface area contributed by atoms with Crippen molar-refractivity contribution < 1.29 is 14.3 Å². The largest absolute Gasteiger partial charge is 0.464 e. The molecule has 0 unspecified atom stereocenters. The summed E-state index contributed by atoms with van der Waals surface area (Å²) >= 11 is 3.02. The SMILES string of the molecule is COC(=O)c1cc(-c2csc(NC(=O)CCCc3nc4ccccc4s3)n2)c[nH]1. The van der Waals surface area contributed by atoms with E-state index in [0.717, 1.165) is 28.9 Å². The van der Waals surface area contributed by atoms with Crippen LogP contribution in [0, 0.1) is 0 Å². The number of ether oxygens (including phenoxy) is 1.